The zero-order chi connectivity index (χ0) is 14.3. The van der Waals surface area contributed by atoms with Crippen molar-refractivity contribution in [2.24, 2.45) is 5.73 Å². The van der Waals surface area contributed by atoms with E-state index in [0.29, 0.717) is 12.1 Å². The first-order chi connectivity index (χ1) is 9.04. The summed E-state index contributed by atoms with van der Waals surface area (Å²) < 4.78 is 0. The van der Waals surface area contributed by atoms with Crippen LogP contribution in [0, 0.1) is 18.8 Å². The van der Waals surface area contributed by atoms with Gasteiger partial charge < -0.3 is 16.0 Å². The summed E-state index contributed by atoms with van der Waals surface area (Å²) in [6, 6.07) is 5.62. The first-order valence-electron chi connectivity index (χ1n) is 6.27. The van der Waals surface area contributed by atoms with Crippen LogP contribution < -0.4 is 11.1 Å². The molecule has 0 aliphatic carbocycles. The largest absolute Gasteiger partial charge is 0.351 e. The monoisotopic (exact) mass is 259 g/mol. The molecule has 0 radical (unpaired) electrons. The lowest BCUT2D eigenvalue weighted by Crippen LogP contribution is -2.31. The number of nitrogens with zero attached hydrogens (tertiary/aromatic N) is 1. The van der Waals surface area contributed by atoms with Crippen LogP contribution >= 0.6 is 0 Å². The minimum absolute atomic E-state index is 0.0943. The molecule has 0 fully saturated rings. The Morgan fingerprint density at radius 2 is 2.16 bits per heavy atom. The third-order valence-corrected chi connectivity index (χ3v) is 2.59. The van der Waals surface area contributed by atoms with Crippen molar-refractivity contribution >= 4 is 5.91 Å². The van der Waals surface area contributed by atoms with Crippen LogP contribution in [0.5, 0.6) is 0 Å². The van der Waals surface area contributed by atoms with Gasteiger partial charge in [0.1, 0.15) is 0 Å². The second-order valence-corrected chi connectivity index (χ2v) is 4.61. The van der Waals surface area contributed by atoms with Crippen LogP contribution in [0.15, 0.2) is 18.2 Å². The number of nitrogens with one attached hydrogen (secondary N) is 1. The maximum Gasteiger partial charge on any atom is 0.252 e. The second kappa shape index (κ2) is 7.57. The van der Waals surface area contributed by atoms with Gasteiger partial charge in [-0.25, -0.2) is 0 Å². The summed E-state index contributed by atoms with van der Waals surface area (Å²) in [6.07, 6.45) is 0. The fourth-order valence-electron chi connectivity index (χ4n) is 1.59. The van der Waals surface area contributed by atoms with E-state index in [4.69, 9.17) is 5.73 Å². The van der Waals surface area contributed by atoms with Gasteiger partial charge in [0.2, 0.25) is 0 Å². The lowest BCUT2D eigenvalue weighted by molar-refractivity contribution is 0.0951. The predicted octanol–water partition coefficient (Wildman–Crippen LogP) is 0.597. The molecule has 102 valence electrons. The molecule has 4 nitrogen and oxygen atoms in total. The average molecular weight is 259 g/mol. The molecule has 1 aromatic rings. The summed E-state index contributed by atoms with van der Waals surface area (Å²) in [7, 11) is 3.94. The molecule has 1 aromatic carbocycles. The van der Waals surface area contributed by atoms with E-state index < -0.39 is 0 Å². The molecule has 0 heterocycles. The minimum Gasteiger partial charge on any atom is -0.351 e. The van der Waals surface area contributed by atoms with Crippen molar-refractivity contribution in [1.82, 2.24) is 10.2 Å². The van der Waals surface area contributed by atoms with E-state index in [1.165, 1.54) is 0 Å². The van der Waals surface area contributed by atoms with Crippen LogP contribution in [-0.4, -0.2) is 44.5 Å². The van der Waals surface area contributed by atoms with Gasteiger partial charge in [0.15, 0.2) is 0 Å². The quantitative estimate of drug-likeness (QED) is 0.778. The minimum atomic E-state index is -0.0943. The fourth-order valence-corrected chi connectivity index (χ4v) is 1.59. The number of aryl methyl sites for hydroxylation is 1. The van der Waals surface area contributed by atoms with Gasteiger partial charge >= 0.3 is 0 Å². The van der Waals surface area contributed by atoms with Crippen LogP contribution in [-0.2, 0) is 0 Å². The summed E-state index contributed by atoms with van der Waals surface area (Å²) in [6.45, 7) is 3.68. The lowest BCUT2D eigenvalue weighted by Gasteiger charge is -2.11. The highest BCUT2D eigenvalue weighted by Gasteiger charge is 2.09. The molecule has 0 saturated heterocycles. The highest BCUT2D eigenvalue weighted by molar-refractivity contribution is 5.96. The van der Waals surface area contributed by atoms with Gasteiger partial charge in [0.05, 0.1) is 12.1 Å². The molecule has 1 amide bonds. The highest BCUT2D eigenvalue weighted by atomic mass is 16.1. The molecular formula is C15H21N3O. The van der Waals surface area contributed by atoms with Crippen LogP contribution in [0.4, 0.5) is 0 Å². The Morgan fingerprint density at radius 3 is 2.79 bits per heavy atom. The van der Waals surface area contributed by atoms with Crippen molar-refractivity contribution in [3.63, 3.8) is 0 Å². The first-order valence-corrected chi connectivity index (χ1v) is 6.27. The number of carbonyl (C=O) groups is 1. The van der Waals surface area contributed by atoms with Crippen LogP contribution in [0.3, 0.4) is 0 Å². The van der Waals surface area contributed by atoms with Crippen molar-refractivity contribution in [3.05, 3.63) is 34.9 Å². The normalized spacial score (nSPS) is 9.95. The summed E-state index contributed by atoms with van der Waals surface area (Å²) >= 11 is 0. The molecule has 0 atom stereocenters. The zero-order valence-electron chi connectivity index (χ0n) is 11.8. The van der Waals surface area contributed by atoms with Crippen molar-refractivity contribution in [3.8, 4) is 11.8 Å². The van der Waals surface area contributed by atoms with Crippen molar-refractivity contribution in [2.45, 2.75) is 6.92 Å². The van der Waals surface area contributed by atoms with Gasteiger partial charge in [-0.1, -0.05) is 17.9 Å². The van der Waals surface area contributed by atoms with Crippen molar-refractivity contribution in [2.75, 3.05) is 33.7 Å². The van der Waals surface area contributed by atoms with E-state index in [2.05, 4.69) is 17.2 Å². The number of hydrogen-bond donors (Lipinski definition) is 2. The molecule has 0 aromatic heterocycles. The molecule has 0 saturated carbocycles. The number of carbonyl (C=O) groups excluding carboxylic acids is 1. The second-order valence-electron chi connectivity index (χ2n) is 4.61. The van der Waals surface area contributed by atoms with Gasteiger partial charge in [0, 0.05) is 18.7 Å². The molecule has 1 rings (SSSR count). The van der Waals surface area contributed by atoms with E-state index in [1.807, 2.05) is 38.1 Å². The van der Waals surface area contributed by atoms with E-state index in [9.17, 15) is 4.79 Å². The number of amides is 1. The van der Waals surface area contributed by atoms with Gasteiger partial charge in [0.25, 0.3) is 5.91 Å². The van der Waals surface area contributed by atoms with E-state index in [-0.39, 0.29) is 12.5 Å². The number of nitrogens with two attached hydrogens (primary N) is 1. The molecule has 3 N–H and O–H groups in total. The Bertz CT molecular complexity index is 498. The molecule has 0 spiro atoms. The van der Waals surface area contributed by atoms with Gasteiger partial charge in [-0.2, -0.15) is 0 Å². The summed E-state index contributed by atoms with van der Waals surface area (Å²) in [4.78, 5) is 14.1. The summed E-state index contributed by atoms with van der Waals surface area (Å²) in [5.74, 6) is 5.64. The molecule has 0 aliphatic rings. The summed E-state index contributed by atoms with van der Waals surface area (Å²) in [5.41, 5.74) is 7.78. The van der Waals surface area contributed by atoms with Gasteiger partial charge in [-0.15, -0.1) is 0 Å². The standard InChI is InChI=1S/C15H21N3O/c1-12-6-7-14(13(11-12)5-4-8-16)15(19)17-9-10-18(2)3/h6-7,11H,8-10,16H2,1-3H3,(H,17,19). The van der Waals surface area contributed by atoms with Crippen LogP contribution in [0.1, 0.15) is 21.5 Å². The SMILES string of the molecule is Cc1ccc(C(=O)NCCN(C)C)c(C#CCN)c1. The van der Waals surface area contributed by atoms with E-state index in [1.54, 1.807) is 6.07 Å². The Labute approximate surface area is 115 Å². The Kier molecular flexibility index (Phi) is 6.07. The fraction of sp³-hybridized carbons (Fsp3) is 0.400. The highest BCUT2D eigenvalue weighted by Crippen LogP contribution is 2.10. The number of hydrogen-bond acceptors (Lipinski definition) is 3. The Balaban J connectivity index is 2.83. The molecule has 0 bridgehead atoms. The maximum absolute atomic E-state index is 12.1. The van der Waals surface area contributed by atoms with E-state index >= 15 is 0 Å². The van der Waals surface area contributed by atoms with Gasteiger partial charge in [-0.3, -0.25) is 4.79 Å². The van der Waals surface area contributed by atoms with Gasteiger partial charge in [-0.05, 0) is 38.7 Å². The third-order valence-electron chi connectivity index (χ3n) is 2.59. The van der Waals surface area contributed by atoms with Crippen molar-refractivity contribution in [1.29, 1.82) is 0 Å². The topological polar surface area (TPSA) is 58.4 Å². The predicted molar refractivity (Wildman–Crippen MR) is 78.0 cm³/mol. The smallest absolute Gasteiger partial charge is 0.252 e. The van der Waals surface area contributed by atoms with E-state index in [0.717, 1.165) is 17.7 Å². The Hall–Kier alpha value is -1.83. The summed E-state index contributed by atoms with van der Waals surface area (Å²) in [5, 5.41) is 2.89. The Morgan fingerprint density at radius 1 is 1.42 bits per heavy atom. The number of likely N-dealkylation sites (N-methyl/N-ethyl adjacent to an activating group) is 1. The van der Waals surface area contributed by atoms with Crippen LogP contribution in [0.25, 0.3) is 0 Å². The maximum atomic E-state index is 12.1. The number of rotatable bonds is 4. The first kappa shape index (κ1) is 15.2. The molecule has 0 unspecified atom stereocenters. The number of benzene rings is 1. The third kappa shape index (κ3) is 5.12. The average Bonchev–Trinajstić information content (AvgIpc) is 2.35. The lowest BCUT2D eigenvalue weighted by atomic mass is 10.0. The zero-order valence-corrected chi connectivity index (χ0v) is 11.8. The molecular weight excluding hydrogens is 238 g/mol. The molecule has 0 aliphatic heterocycles. The molecule has 4 heteroatoms. The molecule has 19 heavy (non-hydrogen) atoms. The van der Waals surface area contributed by atoms with Crippen molar-refractivity contribution < 1.29 is 4.79 Å². The van der Waals surface area contributed by atoms with Crippen LogP contribution in [0.2, 0.25) is 0 Å².